The van der Waals surface area contributed by atoms with E-state index in [1.54, 1.807) is 0 Å². The van der Waals surface area contributed by atoms with E-state index in [0.29, 0.717) is 5.92 Å². The van der Waals surface area contributed by atoms with Crippen LogP contribution < -0.4 is 10.6 Å². The van der Waals surface area contributed by atoms with Gasteiger partial charge >= 0.3 is 0 Å². The molecule has 18 heavy (non-hydrogen) atoms. The largest absolute Gasteiger partial charge is 0.381 e. The van der Waals surface area contributed by atoms with E-state index in [1.165, 1.54) is 0 Å². The van der Waals surface area contributed by atoms with Gasteiger partial charge in [0.05, 0.1) is 0 Å². The third-order valence-corrected chi connectivity index (χ3v) is 3.96. The van der Waals surface area contributed by atoms with Crippen molar-refractivity contribution in [1.82, 2.24) is 0 Å². The Morgan fingerprint density at radius 3 is 2.56 bits per heavy atom. The smallest absolute Gasteiger partial charge is 0.0474 e. The molecule has 0 bridgehead atoms. The molecule has 1 atom stereocenters. The molecule has 100 valence electrons. The molecule has 1 aromatic rings. The predicted octanol–water partition coefficient (Wildman–Crippen LogP) is 2.83. The van der Waals surface area contributed by atoms with Crippen molar-refractivity contribution in [2.75, 3.05) is 32.2 Å². The highest BCUT2D eigenvalue weighted by molar-refractivity contribution is 6.31. The van der Waals surface area contributed by atoms with Crippen LogP contribution in [-0.2, 0) is 4.74 Å². The van der Waals surface area contributed by atoms with Gasteiger partial charge in [-0.15, -0.1) is 0 Å². The van der Waals surface area contributed by atoms with E-state index >= 15 is 0 Å². The quantitative estimate of drug-likeness (QED) is 0.916. The Kier molecular flexibility index (Phi) is 4.49. The van der Waals surface area contributed by atoms with Gasteiger partial charge in [-0.25, -0.2) is 0 Å². The molecule has 0 saturated carbocycles. The highest BCUT2D eigenvalue weighted by atomic mass is 35.5. The van der Waals surface area contributed by atoms with Gasteiger partial charge in [0.1, 0.15) is 0 Å². The number of benzene rings is 1. The molecule has 4 heteroatoms. The molecule has 2 rings (SSSR count). The number of nitrogens with two attached hydrogens (primary N) is 1. The minimum absolute atomic E-state index is 0.0117. The maximum Gasteiger partial charge on any atom is 0.0474 e. The minimum Gasteiger partial charge on any atom is -0.381 e. The van der Waals surface area contributed by atoms with Gasteiger partial charge < -0.3 is 15.4 Å². The van der Waals surface area contributed by atoms with Crippen LogP contribution in [0.4, 0.5) is 5.69 Å². The molecule has 1 aliphatic rings. The van der Waals surface area contributed by atoms with E-state index in [1.807, 2.05) is 25.1 Å². The Labute approximate surface area is 114 Å². The second-order valence-electron chi connectivity index (χ2n) is 5.08. The molecular weight excluding hydrogens is 248 g/mol. The van der Waals surface area contributed by atoms with Crippen molar-refractivity contribution < 1.29 is 4.74 Å². The molecule has 0 amide bonds. The molecule has 2 N–H and O–H groups in total. The number of nitrogens with zero attached hydrogens (tertiary/aromatic N) is 1. The summed E-state index contributed by atoms with van der Waals surface area (Å²) in [5.74, 6) is 0.474. The first kappa shape index (κ1) is 13.7. The minimum atomic E-state index is 0.0117. The summed E-state index contributed by atoms with van der Waals surface area (Å²) >= 11 is 6.35. The summed E-state index contributed by atoms with van der Waals surface area (Å²) in [5, 5.41) is 0.764. The summed E-state index contributed by atoms with van der Waals surface area (Å²) in [4.78, 5) is 2.04. The van der Waals surface area contributed by atoms with E-state index in [9.17, 15) is 0 Å². The molecular formula is C14H21ClN2O. The van der Waals surface area contributed by atoms with Crippen LogP contribution in [0.2, 0.25) is 5.02 Å². The molecule has 1 aliphatic heterocycles. The third kappa shape index (κ3) is 2.97. The van der Waals surface area contributed by atoms with Crippen LogP contribution in [0.5, 0.6) is 0 Å². The number of ether oxygens (including phenoxy) is 1. The van der Waals surface area contributed by atoms with Crippen molar-refractivity contribution in [2.45, 2.75) is 18.9 Å². The molecule has 3 nitrogen and oxygen atoms in total. The van der Waals surface area contributed by atoms with Gasteiger partial charge in [-0.3, -0.25) is 0 Å². The van der Waals surface area contributed by atoms with Gasteiger partial charge in [0, 0.05) is 44.1 Å². The monoisotopic (exact) mass is 268 g/mol. The summed E-state index contributed by atoms with van der Waals surface area (Å²) in [5.41, 5.74) is 8.49. The van der Waals surface area contributed by atoms with Crippen molar-refractivity contribution >= 4 is 17.3 Å². The summed E-state index contributed by atoms with van der Waals surface area (Å²) in [7, 11) is 4.01. The summed E-state index contributed by atoms with van der Waals surface area (Å²) in [6, 6.07) is 6.12. The van der Waals surface area contributed by atoms with Crippen molar-refractivity contribution in [2.24, 2.45) is 11.7 Å². The SMILES string of the molecule is CN(C)c1ccc([C@@H](N)C2CCOCC2)c(Cl)c1. The van der Waals surface area contributed by atoms with Gasteiger partial charge in [0.2, 0.25) is 0 Å². The lowest BCUT2D eigenvalue weighted by atomic mass is 9.87. The first-order valence-corrected chi connectivity index (χ1v) is 6.77. The second-order valence-corrected chi connectivity index (χ2v) is 5.48. The average Bonchev–Trinajstić information content (AvgIpc) is 2.38. The molecule has 0 aliphatic carbocycles. The lowest BCUT2D eigenvalue weighted by Crippen LogP contribution is -2.27. The Bertz CT molecular complexity index is 403. The zero-order chi connectivity index (χ0) is 13.1. The van der Waals surface area contributed by atoms with Crippen LogP contribution in [-0.4, -0.2) is 27.3 Å². The molecule has 0 spiro atoms. The van der Waals surface area contributed by atoms with Gasteiger partial charge in [-0.2, -0.15) is 0 Å². The van der Waals surface area contributed by atoms with Crippen LogP contribution in [0.15, 0.2) is 18.2 Å². The summed E-state index contributed by atoms with van der Waals surface area (Å²) < 4.78 is 5.37. The zero-order valence-corrected chi connectivity index (χ0v) is 11.8. The van der Waals surface area contributed by atoms with Crippen LogP contribution in [0.25, 0.3) is 0 Å². The van der Waals surface area contributed by atoms with Crippen molar-refractivity contribution in [3.8, 4) is 0 Å². The normalized spacial score (nSPS) is 18.7. The molecule has 0 aromatic heterocycles. The number of halogens is 1. The maximum absolute atomic E-state index is 6.35. The lowest BCUT2D eigenvalue weighted by Gasteiger charge is -2.28. The molecule has 1 aromatic carbocycles. The van der Waals surface area contributed by atoms with Gasteiger partial charge in [-0.05, 0) is 36.5 Å². The Hall–Kier alpha value is -0.770. The standard InChI is InChI=1S/C14H21ClN2O/c1-17(2)11-3-4-12(13(15)9-11)14(16)10-5-7-18-8-6-10/h3-4,9-10,14H,5-8,16H2,1-2H3/t14-/m0/s1. The third-order valence-electron chi connectivity index (χ3n) is 3.63. The average molecular weight is 269 g/mol. The van der Waals surface area contributed by atoms with Crippen molar-refractivity contribution in [3.63, 3.8) is 0 Å². The van der Waals surface area contributed by atoms with Gasteiger partial charge in [-0.1, -0.05) is 17.7 Å². The number of anilines is 1. The number of rotatable bonds is 3. The first-order valence-electron chi connectivity index (χ1n) is 6.39. The van der Waals surface area contributed by atoms with Crippen LogP contribution in [0.1, 0.15) is 24.4 Å². The molecule has 1 heterocycles. The fraction of sp³-hybridized carbons (Fsp3) is 0.571. The highest BCUT2D eigenvalue weighted by Gasteiger charge is 2.23. The van der Waals surface area contributed by atoms with Crippen molar-refractivity contribution in [1.29, 1.82) is 0 Å². The van der Waals surface area contributed by atoms with Gasteiger partial charge in [0.15, 0.2) is 0 Å². The lowest BCUT2D eigenvalue weighted by molar-refractivity contribution is 0.0584. The molecule has 1 fully saturated rings. The molecule has 0 unspecified atom stereocenters. The first-order chi connectivity index (χ1) is 8.59. The summed E-state index contributed by atoms with van der Waals surface area (Å²) in [6.45, 7) is 1.62. The van der Waals surface area contributed by atoms with Crippen molar-refractivity contribution in [3.05, 3.63) is 28.8 Å². The van der Waals surface area contributed by atoms with Crippen LogP contribution in [0.3, 0.4) is 0 Å². The molecule has 0 radical (unpaired) electrons. The highest BCUT2D eigenvalue weighted by Crippen LogP contribution is 2.33. The Morgan fingerprint density at radius 1 is 1.33 bits per heavy atom. The maximum atomic E-state index is 6.35. The van der Waals surface area contributed by atoms with Gasteiger partial charge in [0.25, 0.3) is 0 Å². The number of hydrogen-bond donors (Lipinski definition) is 1. The van der Waals surface area contributed by atoms with Crippen LogP contribution >= 0.6 is 11.6 Å². The number of hydrogen-bond acceptors (Lipinski definition) is 3. The second kappa shape index (κ2) is 5.91. The topological polar surface area (TPSA) is 38.5 Å². The fourth-order valence-electron chi connectivity index (χ4n) is 2.39. The fourth-order valence-corrected chi connectivity index (χ4v) is 2.69. The van der Waals surface area contributed by atoms with E-state index in [2.05, 4.69) is 12.1 Å². The van der Waals surface area contributed by atoms with E-state index in [4.69, 9.17) is 22.1 Å². The molecule has 1 saturated heterocycles. The van der Waals surface area contributed by atoms with E-state index < -0.39 is 0 Å². The summed E-state index contributed by atoms with van der Waals surface area (Å²) in [6.07, 6.45) is 2.04. The zero-order valence-electron chi connectivity index (χ0n) is 11.0. The Morgan fingerprint density at radius 2 is 2.00 bits per heavy atom. The Balaban J connectivity index is 2.16. The van der Waals surface area contributed by atoms with Crippen LogP contribution in [0, 0.1) is 5.92 Å². The predicted molar refractivity (Wildman–Crippen MR) is 76.3 cm³/mol. The van der Waals surface area contributed by atoms with E-state index in [0.717, 1.165) is 42.3 Å². The van der Waals surface area contributed by atoms with E-state index in [-0.39, 0.29) is 6.04 Å².